The summed E-state index contributed by atoms with van der Waals surface area (Å²) in [5.74, 6) is 5.96. The van der Waals surface area contributed by atoms with Gasteiger partial charge in [0.25, 0.3) is 5.69 Å². The van der Waals surface area contributed by atoms with Gasteiger partial charge in [0, 0.05) is 103 Å². The van der Waals surface area contributed by atoms with Crippen LogP contribution in [-0.2, 0) is 41.6 Å². The number of nitrogen functional groups attached to an aromatic ring is 2. The molecule has 7 N–H and O–H groups in total. The molecule has 4 heterocycles. The number of ketones is 1. The Hall–Kier alpha value is -5.96. The average Bonchev–Trinajstić information content (AvgIpc) is 1.52. The van der Waals surface area contributed by atoms with Gasteiger partial charge in [-0.2, -0.15) is 0 Å². The van der Waals surface area contributed by atoms with Crippen molar-refractivity contribution in [1.82, 2.24) is 9.97 Å². The molecule has 14 atom stereocenters. The van der Waals surface area contributed by atoms with Crippen molar-refractivity contribution in [3.63, 3.8) is 0 Å². The summed E-state index contributed by atoms with van der Waals surface area (Å²) in [6.45, 7) is 10.9. The zero-order valence-corrected chi connectivity index (χ0v) is 56.2. The number of nitro groups is 1. The normalized spacial score (nSPS) is 32.9. The van der Waals surface area contributed by atoms with Crippen LogP contribution in [0.25, 0.3) is 0 Å². The number of anilines is 2. The van der Waals surface area contributed by atoms with Crippen LogP contribution in [0, 0.1) is 68.8 Å². The van der Waals surface area contributed by atoms with E-state index in [2.05, 4.69) is 79.3 Å². The summed E-state index contributed by atoms with van der Waals surface area (Å²) in [6, 6.07) is 30.2. The van der Waals surface area contributed by atoms with E-state index in [0.29, 0.717) is 59.5 Å². The first-order valence-corrected chi connectivity index (χ1v) is 35.4. The second-order valence-corrected chi connectivity index (χ2v) is 30.3. The molecule has 1 saturated heterocycles. The lowest BCUT2D eigenvalue weighted by molar-refractivity contribution is -0.904. The number of carbonyl (C=O) groups excluding carboxylic acids is 1. The molecule has 0 spiro atoms. The van der Waals surface area contributed by atoms with Gasteiger partial charge in [-0.05, 0) is 292 Å². The number of carbonyl (C=O) groups is 1. The number of nitrogens with two attached hydrogens (primary N) is 2. The Kier molecular flexibility index (Phi) is 20.9. The van der Waals surface area contributed by atoms with E-state index in [4.69, 9.17) is 39.4 Å². The van der Waals surface area contributed by atoms with Gasteiger partial charge in [-0.25, -0.2) is 0 Å². The molecule has 15 heteroatoms. The number of benzene rings is 3. The Balaban J connectivity index is 0.000000128. The molecule has 0 amide bonds. The molecule has 6 aromatic rings. The van der Waals surface area contributed by atoms with Crippen LogP contribution in [0.2, 0.25) is 0 Å². The molecule has 7 fully saturated rings. The summed E-state index contributed by atoms with van der Waals surface area (Å²) >= 11 is 9.53. The van der Waals surface area contributed by atoms with Crippen molar-refractivity contribution in [3.8, 4) is 0 Å². The first kappa shape index (κ1) is 67.5. The highest BCUT2D eigenvalue weighted by Gasteiger charge is 2.63. The van der Waals surface area contributed by atoms with E-state index in [1.54, 1.807) is 36.9 Å². The maximum absolute atomic E-state index is 12.3. The van der Waals surface area contributed by atoms with Crippen molar-refractivity contribution >= 4 is 46.0 Å². The SMILES string of the molecule is C1CCOC1.C[C@]12CCC3c4ccc(N)cc4CCC3C1CCC2=O.C[C@]12CCC3c4ccc(N)cc4CCC3C1CC[C@@]2(O)Cc1ccncc1.C[C@]12CCC3c4ccc([N+](=O)[O-])cc4CCC3C1CC[C@@]2(O)Cc1cc[n+](O)cc1.Cc1ccncc1.ClCCl. The zero-order chi connectivity index (χ0) is 65.0. The molecule has 3 aromatic heterocycles. The van der Waals surface area contributed by atoms with Crippen molar-refractivity contribution in [1.29, 1.82) is 0 Å². The van der Waals surface area contributed by atoms with E-state index in [9.17, 15) is 30.3 Å². The molecule has 9 aliphatic carbocycles. The Labute approximate surface area is 555 Å². The predicted molar refractivity (Wildman–Crippen MR) is 365 cm³/mol. The molecule has 9 unspecified atom stereocenters. The van der Waals surface area contributed by atoms with E-state index >= 15 is 0 Å². The number of aryl methyl sites for hydroxylation is 4. The Morgan fingerprint density at radius 1 is 0.576 bits per heavy atom. The number of pyridine rings is 3. The second kappa shape index (κ2) is 28.6. The number of halogens is 2. The van der Waals surface area contributed by atoms with E-state index < -0.39 is 11.2 Å². The fraction of sp³-hybridized carbons (Fsp3) is 0.558. The van der Waals surface area contributed by atoms with Gasteiger partial charge in [0.1, 0.15) is 5.78 Å². The quantitative estimate of drug-likeness (QED) is 0.0274. The molecule has 0 bridgehead atoms. The van der Waals surface area contributed by atoms with Crippen LogP contribution in [-0.4, -0.2) is 65.8 Å². The molecular weight excluding hydrogens is 1190 g/mol. The topological polar surface area (TPSA) is 212 Å². The number of alkyl halides is 2. The van der Waals surface area contributed by atoms with Gasteiger partial charge >= 0.3 is 0 Å². The molecule has 92 heavy (non-hydrogen) atoms. The summed E-state index contributed by atoms with van der Waals surface area (Å²) in [6.07, 6.45) is 33.5. The number of hydrogen-bond donors (Lipinski definition) is 5. The number of Topliss-reactive ketones (excluding diaryl/α,β-unsaturated/α-hetero) is 1. The highest BCUT2D eigenvalue weighted by atomic mass is 35.5. The number of nitro benzene ring substituents is 1. The van der Waals surface area contributed by atoms with Crippen molar-refractivity contribution in [2.24, 2.45) is 51.8 Å². The Bertz CT molecular complexity index is 3500. The summed E-state index contributed by atoms with van der Waals surface area (Å²) < 4.78 is 5.97. The van der Waals surface area contributed by atoms with Crippen molar-refractivity contribution in [2.75, 3.05) is 30.0 Å². The molecule has 0 radical (unpaired) electrons. The number of fused-ring (bicyclic) bond motifs is 15. The zero-order valence-electron chi connectivity index (χ0n) is 54.7. The number of hydrogen-bond acceptors (Lipinski definition) is 11. The molecule has 3 aromatic carbocycles. The first-order chi connectivity index (χ1) is 44.2. The van der Waals surface area contributed by atoms with Crippen LogP contribution < -0.4 is 16.2 Å². The van der Waals surface area contributed by atoms with Crippen molar-refractivity contribution < 1.29 is 34.6 Å². The lowest BCUT2D eigenvalue weighted by Gasteiger charge is -2.53. The van der Waals surface area contributed by atoms with Gasteiger partial charge in [0.2, 0.25) is 12.4 Å². The third-order valence-electron chi connectivity index (χ3n) is 25.1. The van der Waals surface area contributed by atoms with E-state index in [-0.39, 0.29) is 32.2 Å². The minimum atomic E-state index is -0.736. The van der Waals surface area contributed by atoms with Gasteiger partial charge in [-0.3, -0.25) is 30.1 Å². The lowest BCUT2D eigenvalue weighted by atomic mass is 9.53. The summed E-state index contributed by atoms with van der Waals surface area (Å²) in [5, 5.41) is 44.4. The Morgan fingerprint density at radius 2 is 1.01 bits per heavy atom. The number of aliphatic hydroxyl groups is 2. The van der Waals surface area contributed by atoms with Crippen LogP contribution in [0.5, 0.6) is 0 Å². The molecule has 10 aliphatic rings. The molecule has 6 saturated carbocycles. The number of rotatable bonds is 5. The van der Waals surface area contributed by atoms with Crippen molar-refractivity contribution in [3.05, 3.63) is 188 Å². The summed E-state index contributed by atoms with van der Waals surface area (Å²) in [7, 11) is 0. The van der Waals surface area contributed by atoms with Gasteiger partial charge < -0.3 is 26.4 Å². The molecular formula is C77H99Cl2N6O7+. The number of ether oxygens (including phenoxy) is 1. The minimum Gasteiger partial charge on any atom is -0.399 e. The third kappa shape index (κ3) is 13.7. The number of nitrogens with zero attached hydrogens (tertiary/aromatic N) is 4. The highest BCUT2D eigenvalue weighted by molar-refractivity contribution is 6.40. The smallest absolute Gasteiger partial charge is 0.269 e. The van der Waals surface area contributed by atoms with Crippen LogP contribution in [0.3, 0.4) is 0 Å². The van der Waals surface area contributed by atoms with E-state index in [0.717, 1.165) is 143 Å². The van der Waals surface area contributed by atoms with Crippen LogP contribution in [0.4, 0.5) is 17.1 Å². The third-order valence-corrected chi connectivity index (χ3v) is 25.1. The average molecular weight is 1290 g/mol. The monoisotopic (exact) mass is 1290 g/mol. The van der Waals surface area contributed by atoms with Gasteiger partial charge in [0.15, 0.2) is 0 Å². The van der Waals surface area contributed by atoms with E-state index in [1.807, 2.05) is 49.6 Å². The fourth-order valence-corrected chi connectivity index (χ4v) is 20.1. The number of aromatic nitrogens is 3. The molecule has 492 valence electrons. The molecule has 13 nitrogen and oxygen atoms in total. The van der Waals surface area contributed by atoms with Gasteiger partial charge in [-0.15, -0.1) is 23.2 Å². The highest BCUT2D eigenvalue weighted by Crippen LogP contribution is 2.67. The van der Waals surface area contributed by atoms with Crippen LogP contribution in [0.1, 0.15) is 198 Å². The number of non-ortho nitro benzene ring substituents is 1. The fourth-order valence-electron chi connectivity index (χ4n) is 20.1. The molecule has 1 aliphatic heterocycles. The van der Waals surface area contributed by atoms with Gasteiger partial charge in [-0.1, -0.05) is 39.0 Å². The van der Waals surface area contributed by atoms with Gasteiger partial charge in [0.05, 0.1) is 21.5 Å². The molecule has 16 rings (SSSR count). The maximum atomic E-state index is 12.3. The summed E-state index contributed by atoms with van der Waals surface area (Å²) in [5.41, 5.74) is 24.4. The lowest BCUT2D eigenvalue weighted by Crippen LogP contribution is -2.52. The predicted octanol–water partition coefficient (Wildman–Crippen LogP) is 15.7. The Morgan fingerprint density at radius 3 is 1.46 bits per heavy atom. The van der Waals surface area contributed by atoms with Crippen molar-refractivity contribution in [2.45, 2.75) is 198 Å². The largest absolute Gasteiger partial charge is 0.399 e. The second-order valence-electron chi connectivity index (χ2n) is 29.5. The minimum absolute atomic E-state index is 0.00746. The van der Waals surface area contributed by atoms with Crippen LogP contribution >= 0.6 is 23.2 Å². The van der Waals surface area contributed by atoms with Crippen LogP contribution in [0.15, 0.2) is 128 Å². The first-order valence-electron chi connectivity index (χ1n) is 34.4. The maximum Gasteiger partial charge on any atom is 0.269 e. The standard InChI is InChI=1S/C24H29N2O4.C24H30N2O.C18H23NO.C6H7N.C4H8O.CH2Cl2/c1-23-10-6-20-19-5-3-18(26(29)30)14-17(19)2-4-21(20)22(23)7-11-24(23,27)15-16-8-12-25(28)13-9-16;1-23-10-6-20-19-5-3-18(25)14-17(19)2-4-21(20)22(23)7-11-24(23,27)15-16-8-12-26-13-9-16;1-18-9-8-14-13-5-3-12(19)10-11(13)2-4-15(14)16(18)6-7-17(18)20;1-6-2-4-7-5-3-6;1-2-4-5-3-1;2-1-3/h3,5,8-9,12-14,20-22,27-28H,2,4,6-7,10-11,15H2,1H3;3,5,8-9,12-14,20-22,27H,2,4,6-7,10-11,15,25H2,1H3;3,5,10,14-16H,2,4,6-9,19H2,1H3;2-5H,1H3;1-4H2;1H2/q+1;;;;;/t2*20?,21?,22?,23-,24+;14?,15?,16?,18-;;;/m000.../s1. The summed E-state index contributed by atoms with van der Waals surface area (Å²) in [4.78, 5) is 31.1. The van der Waals surface area contributed by atoms with E-state index in [1.165, 1.54) is 77.5 Å².